The average Bonchev–Trinajstić information content (AvgIpc) is 3.54. The molecular formula is C22H25ClN4O2. The molecule has 2 unspecified atom stereocenters. The van der Waals surface area contributed by atoms with Crippen molar-refractivity contribution >= 4 is 34.9 Å². The number of hydrogen-bond donors (Lipinski definition) is 2. The Hall–Kier alpha value is -2.60. The van der Waals surface area contributed by atoms with Crippen molar-refractivity contribution in [3.8, 4) is 0 Å². The van der Waals surface area contributed by atoms with E-state index in [-0.39, 0.29) is 6.04 Å². The first-order chi connectivity index (χ1) is 13.9. The van der Waals surface area contributed by atoms with Crippen LogP contribution in [-0.2, 0) is 9.59 Å². The van der Waals surface area contributed by atoms with Crippen molar-refractivity contribution in [2.45, 2.75) is 44.6 Å². The summed E-state index contributed by atoms with van der Waals surface area (Å²) in [6.07, 6.45) is 5.45. The number of benzene rings is 1. The number of nitrogen functional groups attached to an aromatic ring is 1. The summed E-state index contributed by atoms with van der Waals surface area (Å²) >= 11 is 6.15. The summed E-state index contributed by atoms with van der Waals surface area (Å²) in [7, 11) is 0. The number of nitrogens with zero attached hydrogens (tertiary/aromatic N) is 2. The third-order valence-electron chi connectivity index (χ3n) is 5.73. The van der Waals surface area contributed by atoms with Crippen molar-refractivity contribution in [3.05, 3.63) is 52.7 Å². The predicted molar refractivity (Wildman–Crippen MR) is 114 cm³/mol. The van der Waals surface area contributed by atoms with Gasteiger partial charge in [0.2, 0.25) is 0 Å². The van der Waals surface area contributed by atoms with Crippen LogP contribution in [-0.4, -0.2) is 28.2 Å². The lowest BCUT2D eigenvalue weighted by atomic mass is 9.90. The van der Waals surface area contributed by atoms with Gasteiger partial charge in [-0.2, -0.15) is 0 Å². The number of amides is 2. The lowest BCUT2D eigenvalue weighted by Gasteiger charge is -2.38. The van der Waals surface area contributed by atoms with E-state index in [0.29, 0.717) is 34.9 Å². The average molecular weight is 413 g/mol. The minimum absolute atomic E-state index is 0.158. The zero-order valence-corrected chi connectivity index (χ0v) is 17.2. The molecule has 1 aliphatic carbocycles. The predicted octanol–water partition coefficient (Wildman–Crippen LogP) is 4.13. The third kappa shape index (κ3) is 4.37. The van der Waals surface area contributed by atoms with Crippen molar-refractivity contribution in [1.29, 1.82) is 0 Å². The van der Waals surface area contributed by atoms with E-state index in [1.165, 1.54) is 6.20 Å². The van der Waals surface area contributed by atoms with E-state index in [2.05, 4.69) is 17.2 Å². The highest BCUT2D eigenvalue weighted by Crippen LogP contribution is 2.42. The number of pyridine rings is 1. The van der Waals surface area contributed by atoms with Crippen LogP contribution in [0, 0.1) is 5.92 Å². The number of halogens is 1. The van der Waals surface area contributed by atoms with E-state index in [9.17, 15) is 9.59 Å². The minimum atomic E-state index is -0.653. The van der Waals surface area contributed by atoms with Crippen LogP contribution >= 0.6 is 11.6 Å². The fraction of sp³-hybridized carbons (Fsp3) is 0.409. The molecule has 4 rings (SSSR count). The first kappa shape index (κ1) is 19.7. The number of nitrogens with two attached hydrogens (primary N) is 1. The number of piperidine rings is 1. The molecular weight excluding hydrogens is 388 g/mol. The number of likely N-dealkylation sites (tertiary alicyclic amines) is 1. The van der Waals surface area contributed by atoms with E-state index in [1.54, 1.807) is 11.0 Å². The monoisotopic (exact) mass is 412 g/mol. The second kappa shape index (κ2) is 8.03. The number of rotatable bonds is 3. The quantitative estimate of drug-likeness (QED) is 0.741. The molecule has 2 aromatic rings. The van der Waals surface area contributed by atoms with Crippen LogP contribution in [0.3, 0.4) is 0 Å². The maximum absolute atomic E-state index is 13.1. The Morgan fingerprint density at radius 2 is 2.00 bits per heavy atom. The lowest BCUT2D eigenvalue weighted by molar-refractivity contribution is -0.146. The molecule has 6 nitrogen and oxygen atoms in total. The molecule has 2 heterocycles. The number of aromatic nitrogens is 1. The summed E-state index contributed by atoms with van der Waals surface area (Å²) in [6, 6.07) is 9.18. The minimum Gasteiger partial charge on any atom is -0.383 e. The largest absolute Gasteiger partial charge is 0.383 e. The molecule has 1 saturated heterocycles. The van der Waals surface area contributed by atoms with E-state index in [0.717, 1.165) is 36.8 Å². The van der Waals surface area contributed by atoms with Crippen LogP contribution in [0.5, 0.6) is 0 Å². The van der Waals surface area contributed by atoms with Crippen molar-refractivity contribution < 1.29 is 9.59 Å². The molecule has 1 aromatic carbocycles. The summed E-state index contributed by atoms with van der Waals surface area (Å²) in [6.45, 7) is 2.63. The van der Waals surface area contributed by atoms with Gasteiger partial charge in [-0.25, -0.2) is 4.98 Å². The normalized spacial score (nSPS) is 21.7. The molecule has 2 atom stereocenters. The van der Waals surface area contributed by atoms with Crippen LogP contribution in [0.2, 0.25) is 5.02 Å². The summed E-state index contributed by atoms with van der Waals surface area (Å²) in [5, 5.41) is 3.34. The molecule has 0 spiro atoms. The van der Waals surface area contributed by atoms with Gasteiger partial charge in [0.25, 0.3) is 0 Å². The van der Waals surface area contributed by atoms with E-state index in [1.807, 2.05) is 24.3 Å². The van der Waals surface area contributed by atoms with E-state index < -0.39 is 11.8 Å². The van der Waals surface area contributed by atoms with Crippen LogP contribution in [0.4, 0.5) is 11.5 Å². The molecule has 152 valence electrons. The standard InChI is InChI=1S/C22H25ClN4O2/c1-13-5-8-19(15-3-2-4-16(23)9-15)27(12-13)22(29)21(28)26-17-10-18(14-6-7-14)20(24)25-11-17/h2-4,9-11,13-14,19H,5-8,12H2,1H3,(H2,24,25)(H,26,28). The third-order valence-corrected chi connectivity index (χ3v) is 5.97. The van der Waals surface area contributed by atoms with Crippen molar-refractivity contribution in [3.63, 3.8) is 0 Å². The van der Waals surface area contributed by atoms with Crippen LogP contribution in [0.1, 0.15) is 55.7 Å². The van der Waals surface area contributed by atoms with Crippen molar-refractivity contribution in [2.24, 2.45) is 5.92 Å². The summed E-state index contributed by atoms with van der Waals surface area (Å²) in [5.41, 5.74) is 8.34. The highest BCUT2D eigenvalue weighted by molar-refractivity contribution is 6.39. The molecule has 0 radical (unpaired) electrons. The molecule has 7 heteroatoms. The maximum Gasteiger partial charge on any atom is 0.313 e. The maximum atomic E-state index is 13.1. The molecule has 1 aromatic heterocycles. The molecule has 2 aliphatic rings. The fourth-order valence-electron chi connectivity index (χ4n) is 4.03. The highest BCUT2D eigenvalue weighted by atomic mass is 35.5. The van der Waals surface area contributed by atoms with Crippen molar-refractivity contribution in [2.75, 3.05) is 17.6 Å². The SMILES string of the molecule is CC1CCC(c2cccc(Cl)c2)N(C(=O)C(=O)Nc2cnc(N)c(C3CC3)c2)C1. The Kier molecular flexibility index (Phi) is 5.46. The number of hydrogen-bond acceptors (Lipinski definition) is 4. The van der Waals surface area contributed by atoms with Gasteiger partial charge < -0.3 is 16.0 Å². The molecule has 2 amide bonds. The number of nitrogens with one attached hydrogen (secondary N) is 1. The summed E-state index contributed by atoms with van der Waals surface area (Å²) < 4.78 is 0. The van der Waals surface area contributed by atoms with Crippen LogP contribution in [0.15, 0.2) is 36.5 Å². The second-order valence-electron chi connectivity index (χ2n) is 8.14. The lowest BCUT2D eigenvalue weighted by Crippen LogP contribution is -2.46. The Bertz CT molecular complexity index is 944. The van der Waals surface area contributed by atoms with Gasteiger partial charge in [-0.05, 0) is 66.8 Å². The topological polar surface area (TPSA) is 88.3 Å². The number of carbonyl (C=O) groups excluding carboxylic acids is 2. The van der Waals surface area contributed by atoms with Crippen LogP contribution in [0.25, 0.3) is 0 Å². The Morgan fingerprint density at radius 3 is 2.72 bits per heavy atom. The number of anilines is 2. The first-order valence-corrected chi connectivity index (χ1v) is 10.4. The van der Waals surface area contributed by atoms with Gasteiger partial charge in [0.1, 0.15) is 5.82 Å². The first-order valence-electron chi connectivity index (χ1n) is 10.0. The van der Waals surface area contributed by atoms with Gasteiger partial charge in [-0.15, -0.1) is 0 Å². The van der Waals surface area contributed by atoms with E-state index >= 15 is 0 Å². The molecule has 2 fully saturated rings. The Morgan fingerprint density at radius 1 is 1.21 bits per heavy atom. The van der Waals surface area contributed by atoms with Gasteiger partial charge in [-0.3, -0.25) is 9.59 Å². The zero-order valence-electron chi connectivity index (χ0n) is 16.4. The zero-order chi connectivity index (χ0) is 20.5. The van der Waals surface area contributed by atoms with Crippen LogP contribution < -0.4 is 11.1 Å². The van der Waals surface area contributed by atoms with Gasteiger partial charge >= 0.3 is 11.8 Å². The molecule has 1 saturated carbocycles. The summed E-state index contributed by atoms with van der Waals surface area (Å²) in [5.74, 6) is 0.0421. The van der Waals surface area contributed by atoms with Gasteiger partial charge in [0, 0.05) is 11.6 Å². The molecule has 3 N–H and O–H groups in total. The Labute approximate surface area is 175 Å². The van der Waals surface area contributed by atoms with E-state index in [4.69, 9.17) is 17.3 Å². The number of carbonyl (C=O) groups is 2. The summed E-state index contributed by atoms with van der Waals surface area (Å²) in [4.78, 5) is 31.6. The van der Waals surface area contributed by atoms with Gasteiger partial charge in [0.15, 0.2) is 0 Å². The van der Waals surface area contributed by atoms with Crippen molar-refractivity contribution in [1.82, 2.24) is 9.88 Å². The smallest absolute Gasteiger partial charge is 0.313 e. The molecule has 0 bridgehead atoms. The Balaban J connectivity index is 1.52. The highest BCUT2D eigenvalue weighted by Gasteiger charge is 2.34. The van der Waals surface area contributed by atoms with Gasteiger partial charge in [-0.1, -0.05) is 30.7 Å². The molecule has 29 heavy (non-hydrogen) atoms. The fourth-order valence-corrected chi connectivity index (χ4v) is 4.23. The molecule has 1 aliphatic heterocycles. The van der Waals surface area contributed by atoms with Gasteiger partial charge in [0.05, 0.1) is 17.9 Å². The second-order valence-corrected chi connectivity index (χ2v) is 8.57.